The van der Waals surface area contributed by atoms with Gasteiger partial charge in [-0.1, -0.05) is 6.07 Å². The number of likely N-dealkylation sites (N-methyl/N-ethyl adjacent to an activating group) is 1. The zero-order valence-electron chi connectivity index (χ0n) is 13.4. The van der Waals surface area contributed by atoms with Gasteiger partial charge in [-0.3, -0.25) is 4.79 Å². The number of fused-ring (bicyclic) bond motifs is 1. The maximum absolute atomic E-state index is 12.4. The Labute approximate surface area is 144 Å². The van der Waals surface area contributed by atoms with Crippen molar-refractivity contribution in [3.63, 3.8) is 0 Å². The first kappa shape index (κ1) is 17.2. The molecule has 0 saturated carbocycles. The Morgan fingerprint density at radius 1 is 1.33 bits per heavy atom. The molecule has 1 aliphatic rings. The van der Waals surface area contributed by atoms with Crippen LogP contribution in [0, 0.1) is 0 Å². The van der Waals surface area contributed by atoms with Crippen LogP contribution in [0.3, 0.4) is 0 Å². The van der Waals surface area contributed by atoms with Gasteiger partial charge in [0.2, 0.25) is 15.9 Å². The largest absolute Gasteiger partial charge is 0.334 e. The highest BCUT2D eigenvalue weighted by Crippen LogP contribution is 2.20. The first-order valence-corrected chi connectivity index (χ1v) is 9.99. The number of quaternary nitrogens is 1. The third-order valence-electron chi connectivity index (χ3n) is 4.14. The Hall–Kier alpha value is -1.62. The maximum atomic E-state index is 12.4. The predicted octanol–water partition coefficient (Wildman–Crippen LogP) is -1.28. The van der Waals surface area contributed by atoms with E-state index in [1.807, 2.05) is 0 Å². The lowest BCUT2D eigenvalue weighted by atomic mass is 10.3. The number of rotatable bonds is 5. The number of hydrogen-bond donors (Lipinski definition) is 2. The molecule has 2 N–H and O–H groups in total. The third kappa shape index (κ3) is 3.72. The van der Waals surface area contributed by atoms with Crippen molar-refractivity contribution in [1.82, 2.24) is 18.4 Å². The summed E-state index contributed by atoms with van der Waals surface area (Å²) < 4.78 is 35.5. The maximum Gasteiger partial charge on any atom is 0.242 e. The van der Waals surface area contributed by atoms with E-state index in [0.29, 0.717) is 11.0 Å². The molecule has 24 heavy (non-hydrogen) atoms. The zero-order chi connectivity index (χ0) is 17.2. The molecule has 1 fully saturated rings. The average Bonchev–Trinajstić information content (AvgIpc) is 3.03. The van der Waals surface area contributed by atoms with Crippen molar-refractivity contribution >= 4 is 38.7 Å². The van der Waals surface area contributed by atoms with Crippen molar-refractivity contribution in [3.05, 3.63) is 18.2 Å². The van der Waals surface area contributed by atoms with E-state index >= 15 is 0 Å². The number of nitrogens with one attached hydrogen (secondary N) is 2. The number of nitrogens with zero attached hydrogens (tertiary/aromatic N) is 3. The minimum Gasteiger partial charge on any atom is -0.334 e. The summed E-state index contributed by atoms with van der Waals surface area (Å²) in [5.41, 5.74) is 0.919. The van der Waals surface area contributed by atoms with E-state index in [1.165, 1.54) is 11.0 Å². The molecule has 0 spiro atoms. The van der Waals surface area contributed by atoms with Gasteiger partial charge in [0.25, 0.3) is 0 Å². The van der Waals surface area contributed by atoms with Gasteiger partial charge in [0.15, 0.2) is 0 Å². The lowest BCUT2D eigenvalue weighted by Crippen LogP contribution is -3.12. The molecule has 3 rings (SSSR count). The average molecular weight is 370 g/mol. The minimum absolute atomic E-state index is 0.0151. The van der Waals surface area contributed by atoms with E-state index in [4.69, 9.17) is 0 Å². The Kier molecular flexibility index (Phi) is 5.09. The number of hydrogen-bond acceptors (Lipinski definition) is 6. The van der Waals surface area contributed by atoms with E-state index in [-0.39, 0.29) is 23.8 Å². The van der Waals surface area contributed by atoms with Gasteiger partial charge < -0.3 is 9.80 Å². The van der Waals surface area contributed by atoms with E-state index in [1.54, 1.807) is 17.0 Å². The quantitative estimate of drug-likeness (QED) is 0.683. The van der Waals surface area contributed by atoms with Crippen molar-refractivity contribution in [2.45, 2.75) is 11.3 Å². The summed E-state index contributed by atoms with van der Waals surface area (Å²) in [6, 6.07) is 4.85. The van der Waals surface area contributed by atoms with Crippen LogP contribution in [-0.2, 0) is 14.8 Å². The van der Waals surface area contributed by atoms with Crippen LogP contribution in [0.4, 0.5) is 0 Å². The molecule has 1 aliphatic heterocycles. The third-order valence-corrected chi connectivity index (χ3v) is 6.17. The summed E-state index contributed by atoms with van der Waals surface area (Å²) in [6.07, 6.45) is 0.156. The summed E-state index contributed by atoms with van der Waals surface area (Å²) in [4.78, 5) is 15.5. The van der Waals surface area contributed by atoms with Crippen molar-refractivity contribution in [3.8, 4) is 0 Å². The smallest absolute Gasteiger partial charge is 0.242 e. The Morgan fingerprint density at radius 3 is 2.83 bits per heavy atom. The summed E-state index contributed by atoms with van der Waals surface area (Å²) in [6.45, 7) is 3.38. The highest BCUT2D eigenvalue weighted by molar-refractivity contribution is 7.89. The molecule has 10 heteroatoms. The van der Waals surface area contributed by atoms with E-state index in [9.17, 15) is 13.2 Å². The van der Waals surface area contributed by atoms with Crippen LogP contribution in [-0.4, -0.2) is 67.7 Å². The molecular weight excluding hydrogens is 350 g/mol. The normalized spacial score (nSPS) is 16.6. The summed E-state index contributed by atoms with van der Waals surface area (Å²) in [5.74, 6) is -0.0151. The van der Waals surface area contributed by atoms with Crippen molar-refractivity contribution in [2.75, 3.05) is 39.8 Å². The molecular formula is C14H20N5O3S2+. The van der Waals surface area contributed by atoms with Gasteiger partial charge in [0.05, 0.1) is 45.0 Å². The summed E-state index contributed by atoms with van der Waals surface area (Å²) in [7, 11) is -1.61. The fourth-order valence-corrected chi connectivity index (χ4v) is 4.46. The van der Waals surface area contributed by atoms with Gasteiger partial charge in [0, 0.05) is 13.0 Å². The fraction of sp³-hybridized carbons (Fsp3) is 0.500. The molecule has 130 valence electrons. The number of sulfonamides is 1. The molecule has 0 unspecified atom stereocenters. The monoisotopic (exact) mass is 370 g/mol. The summed E-state index contributed by atoms with van der Waals surface area (Å²) in [5, 5.41) is 0. The van der Waals surface area contributed by atoms with Gasteiger partial charge in [-0.05, 0) is 12.1 Å². The Balaban J connectivity index is 1.60. The standard InChI is InChI=1S/C14H19N5O3S2/c1-18-7-9-19(10-8-18)13(20)5-6-15-24(21,22)12-4-2-3-11-14(12)17-23-16-11/h2-4,15H,5-10H2,1H3/p+1. The number of aromatic nitrogens is 2. The second-order valence-corrected chi connectivity index (χ2v) is 8.14. The molecule has 0 bridgehead atoms. The predicted molar refractivity (Wildman–Crippen MR) is 90.4 cm³/mol. The van der Waals surface area contributed by atoms with Gasteiger partial charge in [-0.25, -0.2) is 13.1 Å². The van der Waals surface area contributed by atoms with Gasteiger partial charge in [-0.2, -0.15) is 8.75 Å². The molecule has 0 atom stereocenters. The van der Waals surface area contributed by atoms with Crippen LogP contribution in [0.1, 0.15) is 6.42 Å². The molecule has 1 amide bonds. The number of benzene rings is 1. The highest BCUT2D eigenvalue weighted by atomic mass is 32.2. The van der Waals surface area contributed by atoms with E-state index in [0.717, 1.165) is 37.9 Å². The van der Waals surface area contributed by atoms with Gasteiger partial charge in [-0.15, -0.1) is 0 Å². The number of carbonyl (C=O) groups excluding carboxylic acids is 1. The van der Waals surface area contributed by atoms with Gasteiger partial charge >= 0.3 is 0 Å². The van der Waals surface area contributed by atoms with E-state index < -0.39 is 10.0 Å². The number of carbonyl (C=O) groups is 1. The lowest BCUT2D eigenvalue weighted by molar-refractivity contribution is -0.883. The number of amides is 1. The van der Waals surface area contributed by atoms with Crippen LogP contribution >= 0.6 is 11.7 Å². The minimum atomic E-state index is -3.71. The molecule has 0 aliphatic carbocycles. The Bertz CT molecular complexity index is 828. The molecule has 0 radical (unpaired) electrons. The molecule has 2 heterocycles. The van der Waals surface area contributed by atoms with Crippen LogP contribution < -0.4 is 9.62 Å². The van der Waals surface area contributed by atoms with Crippen molar-refractivity contribution < 1.29 is 18.1 Å². The first-order chi connectivity index (χ1) is 11.5. The van der Waals surface area contributed by atoms with E-state index in [2.05, 4.69) is 20.5 Å². The molecule has 2 aromatic rings. The zero-order valence-corrected chi connectivity index (χ0v) is 15.0. The lowest BCUT2D eigenvalue weighted by Gasteiger charge is -2.30. The van der Waals surface area contributed by atoms with Crippen molar-refractivity contribution in [2.24, 2.45) is 0 Å². The summed E-state index contributed by atoms with van der Waals surface area (Å²) >= 11 is 0.976. The number of piperazine rings is 1. The Morgan fingerprint density at radius 2 is 2.08 bits per heavy atom. The van der Waals surface area contributed by atoms with Crippen LogP contribution in [0.15, 0.2) is 23.1 Å². The molecule has 1 saturated heterocycles. The first-order valence-electron chi connectivity index (χ1n) is 7.77. The molecule has 8 nitrogen and oxygen atoms in total. The SMILES string of the molecule is C[NH+]1CCN(C(=O)CCNS(=O)(=O)c2cccc3nsnc23)CC1. The van der Waals surface area contributed by atoms with Crippen LogP contribution in [0.25, 0.3) is 11.0 Å². The highest BCUT2D eigenvalue weighted by Gasteiger charge is 2.23. The van der Waals surface area contributed by atoms with Crippen molar-refractivity contribution in [1.29, 1.82) is 0 Å². The fourth-order valence-electron chi connectivity index (χ4n) is 2.66. The van der Waals surface area contributed by atoms with Gasteiger partial charge in [0.1, 0.15) is 15.9 Å². The van der Waals surface area contributed by atoms with Crippen LogP contribution in [0.5, 0.6) is 0 Å². The molecule has 1 aromatic carbocycles. The van der Waals surface area contributed by atoms with Crippen LogP contribution in [0.2, 0.25) is 0 Å². The topological polar surface area (TPSA) is 96.7 Å². The second-order valence-electron chi connectivity index (χ2n) is 5.87. The second kappa shape index (κ2) is 7.09. The molecule has 1 aromatic heterocycles.